The van der Waals surface area contributed by atoms with E-state index in [1.807, 2.05) is 37.3 Å². The average molecular weight is 312 g/mol. The van der Waals surface area contributed by atoms with Gasteiger partial charge in [0, 0.05) is 33.1 Å². The van der Waals surface area contributed by atoms with Crippen molar-refractivity contribution in [3.8, 4) is 0 Å². The maximum Gasteiger partial charge on any atom is 0.224 e. The number of hydrogen-bond donors (Lipinski definition) is 0. The molecule has 2 aromatic rings. The monoisotopic (exact) mass is 311 g/mol. The third-order valence-corrected chi connectivity index (χ3v) is 3.99. The van der Waals surface area contributed by atoms with Crippen LogP contribution in [0.25, 0.3) is 11.2 Å². The number of rotatable bonds is 6. The summed E-state index contributed by atoms with van der Waals surface area (Å²) < 4.78 is 3.80. The molecule has 0 saturated carbocycles. The summed E-state index contributed by atoms with van der Waals surface area (Å²) in [4.78, 5) is 18.5. The van der Waals surface area contributed by atoms with Crippen molar-refractivity contribution in [2.24, 2.45) is 7.05 Å². The largest absolute Gasteiger partial charge is 0.343 e. The number of imidazole rings is 1. The average Bonchev–Trinajstić information content (AvgIpc) is 2.96. The maximum atomic E-state index is 12.2. The Morgan fingerprint density at radius 3 is 2.57 bits per heavy atom. The zero-order chi connectivity index (χ0) is 15.6. The van der Waals surface area contributed by atoms with E-state index in [4.69, 9.17) is 11.6 Å². The third-order valence-electron chi connectivity index (χ3n) is 3.75. The summed E-state index contributed by atoms with van der Waals surface area (Å²) in [6, 6.07) is 0. The number of carbonyl (C=O) groups is 1. The van der Waals surface area contributed by atoms with Crippen molar-refractivity contribution >= 4 is 28.7 Å². The molecule has 2 aromatic heterocycles. The van der Waals surface area contributed by atoms with Gasteiger partial charge in [-0.3, -0.25) is 9.48 Å². The van der Waals surface area contributed by atoms with Gasteiger partial charge < -0.3 is 9.47 Å². The zero-order valence-corrected chi connectivity index (χ0v) is 13.8. The minimum absolute atomic E-state index is 0.154. The molecule has 0 bridgehead atoms. The maximum absolute atomic E-state index is 12.2. The van der Waals surface area contributed by atoms with Crippen LogP contribution in [0.15, 0.2) is 0 Å². The first kappa shape index (κ1) is 15.8. The molecule has 7 heteroatoms. The van der Waals surface area contributed by atoms with Gasteiger partial charge in [0.2, 0.25) is 5.91 Å². The lowest BCUT2D eigenvalue weighted by molar-refractivity contribution is -0.131. The summed E-state index contributed by atoms with van der Waals surface area (Å²) in [6.45, 7) is 7.96. The van der Waals surface area contributed by atoms with E-state index in [9.17, 15) is 4.79 Å². The highest BCUT2D eigenvalue weighted by Gasteiger charge is 2.18. The van der Waals surface area contributed by atoms with Crippen LogP contribution in [-0.2, 0) is 24.3 Å². The van der Waals surface area contributed by atoms with Gasteiger partial charge in [-0.25, -0.2) is 4.98 Å². The van der Waals surface area contributed by atoms with Crippen LogP contribution in [0.5, 0.6) is 0 Å². The molecule has 0 unspecified atom stereocenters. The number of amides is 1. The number of fused-ring (bicyclic) bond motifs is 1. The Kier molecular flexibility index (Phi) is 4.88. The summed E-state index contributed by atoms with van der Waals surface area (Å²) in [5.74, 6) is 1.27. The third kappa shape index (κ3) is 2.90. The Balaban J connectivity index is 2.27. The Hall–Kier alpha value is -1.56. The van der Waals surface area contributed by atoms with Crippen LogP contribution in [0.3, 0.4) is 0 Å². The van der Waals surface area contributed by atoms with E-state index in [-0.39, 0.29) is 5.91 Å². The molecular weight excluding hydrogens is 290 g/mol. The van der Waals surface area contributed by atoms with Crippen molar-refractivity contribution < 1.29 is 4.79 Å². The second kappa shape index (κ2) is 6.47. The molecule has 0 aliphatic rings. The van der Waals surface area contributed by atoms with Gasteiger partial charge in [0.25, 0.3) is 0 Å². The van der Waals surface area contributed by atoms with E-state index >= 15 is 0 Å². The Labute approximate surface area is 129 Å². The quantitative estimate of drug-likeness (QED) is 0.767. The number of nitrogens with zero attached hydrogens (tertiary/aromatic N) is 5. The number of alkyl halides is 1. The van der Waals surface area contributed by atoms with Crippen LogP contribution in [0, 0.1) is 6.92 Å². The topological polar surface area (TPSA) is 56.0 Å². The highest BCUT2D eigenvalue weighted by molar-refractivity contribution is 6.16. The fraction of sp³-hybridized carbons (Fsp3) is 0.643. The standard InChI is InChI=1S/C14H22ClN5O/c1-5-19(6-2)12(21)7-8-20-11(9-15)16-13-10(3)17-18(4)14(13)20/h5-9H2,1-4H3. The molecule has 0 aliphatic carbocycles. The van der Waals surface area contributed by atoms with E-state index in [1.54, 1.807) is 4.68 Å². The molecule has 1 amide bonds. The van der Waals surface area contributed by atoms with E-state index < -0.39 is 0 Å². The van der Waals surface area contributed by atoms with Gasteiger partial charge >= 0.3 is 0 Å². The van der Waals surface area contributed by atoms with Crippen LogP contribution in [0.2, 0.25) is 0 Å². The number of halogens is 1. The normalized spacial score (nSPS) is 11.3. The fourth-order valence-corrected chi connectivity index (χ4v) is 2.86. The molecule has 6 nitrogen and oxygen atoms in total. The van der Waals surface area contributed by atoms with E-state index in [1.165, 1.54) is 0 Å². The first-order valence-corrected chi connectivity index (χ1v) is 7.79. The Morgan fingerprint density at radius 1 is 1.33 bits per heavy atom. The molecule has 0 N–H and O–H groups in total. The minimum atomic E-state index is 0.154. The van der Waals surface area contributed by atoms with Crippen molar-refractivity contribution in [2.75, 3.05) is 13.1 Å². The summed E-state index contributed by atoms with van der Waals surface area (Å²) in [6.07, 6.45) is 0.446. The Morgan fingerprint density at radius 2 is 2.00 bits per heavy atom. The lowest BCUT2D eigenvalue weighted by Crippen LogP contribution is -2.31. The summed E-state index contributed by atoms with van der Waals surface area (Å²) in [5.41, 5.74) is 2.67. The highest BCUT2D eigenvalue weighted by Crippen LogP contribution is 2.20. The smallest absolute Gasteiger partial charge is 0.224 e. The van der Waals surface area contributed by atoms with Crippen molar-refractivity contribution in [1.29, 1.82) is 0 Å². The van der Waals surface area contributed by atoms with Gasteiger partial charge in [0.05, 0.1) is 11.6 Å². The van der Waals surface area contributed by atoms with E-state index in [0.717, 1.165) is 35.8 Å². The molecule has 0 spiro atoms. The minimum Gasteiger partial charge on any atom is -0.343 e. The first-order chi connectivity index (χ1) is 10.0. The van der Waals surface area contributed by atoms with Gasteiger partial charge in [-0.1, -0.05) is 0 Å². The molecule has 2 rings (SSSR count). The molecule has 0 atom stereocenters. The van der Waals surface area contributed by atoms with Gasteiger partial charge in [-0.2, -0.15) is 5.10 Å². The van der Waals surface area contributed by atoms with Gasteiger partial charge in [-0.05, 0) is 20.8 Å². The summed E-state index contributed by atoms with van der Waals surface area (Å²) in [5, 5.41) is 4.38. The van der Waals surface area contributed by atoms with Crippen LogP contribution in [0.1, 0.15) is 31.8 Å². The fourth-order valence-electron chi connectivity index (χ4n) is 2.66. The number of aromatic nitrogens is 4. The highest BCUT2D eigenvalue weighted by atomic mass is 35.5. The predicted octanol–water partition coefficient (Wildman–Crippen LogP) is 2.08. The SMILES string of the molecule is CCN(CC)C(=O)CCn1c(CCl)nc2c(C)nn(C)c21. The molecule has 116 valence electrons. The zero-order valence-electron chi connectivity index (χ0n) is 13.1. The Bertz CT molecular complexity index is 641. The lowest BCUT2D eigenvalue weighted by atomic mass is 10.3. The summed E-state index contributed by atoms with van der Waals surface area (Å²) >= 11 is 5.99. The van der Waals surface area contributed by atoms with Crippen LogP contribution in [-0.4, -0.2) is 43.2 Å². The molecule has 0 aliphatic heterocycles. The number of hydrogen-bond acceptors (Lipinski definition) is 3. The van der Waals surface area contributed by atoms with Gasteiger partial charge in [0.1, 0.15) is 11.3 Å². The predicted molar refractivity (Wildman–Crippen MR) is 83.3 cm³/mol. The van der Waals surface area contributed by atoms with Crippen LogP contribution < -0.4 is 0 Å². The lowest BCUT2D eigenvalue weighted by Gasteiger charge is -2.19. The van der Waals surface area contributed by atoms with Gasteiger partial charge in [0.15, 0.2) is 5.65 Å². The second-order valence-electron chi connectivity index (χ2n) is 5.01. The molecule has 21 heavy (non-hydrogen) atoms. The molecule has 2 heterocycles. The number of carbonyl (C=O) groups excluding carboxylic acids is 1. The van der Waals surface area contributed by atoms with Crippen LogP contribution in [0.4, 0.5) is 0 Å². The van der Waals surface area contributed by atoms with Crippen molar-refractivity contribution in [3.63, 3.8) is 0 Å². The van der Waals surface area contributed by atoms with Gasteiger partial charge in [-0.15, -0.1) is 11.6 Å². The molecule has 0 aromatic carbocycles. The number of aryl methyl sites for hydroxylation is 3. The van der Waals surface area contributed by atoms with Crippen molar-refractivity contribution in [3.05, 3.63) is 11.5 Å². The van der Waals surface area contributed by atoms with Crippen LogP contribution >= 0.6 is 11.6 Å². The molecule has 0 fully saturated rings. The molecule has 0 radical (unpaired) electrons. The van der Waals surface area contributed by atoms with E-state index in [0.29, 0.717) is 18.8 Å². The van der Waals surface area contributed by atoms with E-state index in [2.05, 4.69) is 10.1 Å². The first-order valence-electron chi connectivity index (χ1n) is 7.25. The van der Waals surface area contributed by atoms with Crippen molar-refractivity contribution in [1.82, 2.24) is 24.2 Å². The summed E-state index contributed by atoms with van der Waals surface area (Å²) in [7, 11) is 1.89. The second-order valence-corrected chi connectivity index (χ2v) is 5.28. The molecule has 0 saturated heterocycles. The van der Waals surface area contributed by atoms with Crippen molar-refractivity contribution in [2.45, 2.75) is 39.6 Å². The molecular formula is C14H22ClN5O.